The fourth-order valence-corrected chi connectivity index (χ4v) is 4.63. The van der Waals surface area contributed by atoms with Crippen LogP contribution in [-0.2, 0) is 0 Å². The summed E-state index contributed by atoms with van der Waals surface area (Å²) in [5.74, 6) is 1.31. The third kappa shape index (κ3) is 4.29. The third-order valence-corrected chi connectivity index (χ3v) is 6.39. The Labute approximate surface area is 193 Å². The predicted molar refractivity (Wildman–Crippen MR) is 129 cm³/mol. The van der Waals surface area contributed by atoms with Crippen molar-refractivity contribution >= 4 is 23.2 Å². The summed E-state index contributed by atoms with van der Waals surface area (Å²) in [7, 11) is 2.02. The van der Waals surface area contributed by atoms with Gasteiger partial charge in [0.2, 0.25) is 0 Å². The van der Waals surface area contributed by atoms with E-state index in [1.54, 1.807) is 12.1 Å². The highest BCUT2D eigenvalue weighted by molar-refractivity contribution is 6.08. The van der Waals surface area contributed by atoms with Crippen molar-refractivity contribution in [2.75, 3.05) is 23.8 Å². The van der Waals surface area contributed by atoms with Crippen molar-refractivity contribution in [2.24, 2.45) is 0 Å². The van der Waals surface area contributed by atoms with E-state index in [0.717, 1.165) is 43.7 Å². The van der Waals surface area contributed by atoms with Crippen molar-refractivity contribution in [3.05, 3.63) is 83.9 Å². The van der Waals surface area contributed by atoms with E-state index >= 15 is 0 Å². The zero-order valence-electron chi connectivity index (χ0n) is 18.7. The van der Waals surface area contributed by atoms with Crippen LogP contribution in [0.25, 0.3) is 0 Å². The highest BCUT2D eigenvalue weighted by atomic mass is 16.5. The van der Waals surface area contributed by atoms with Gasteiger partial charge in [-0.2, -0.15) is 0 Å². The number of benzene rings is 3. The highest BCUT2D eigenvalue weighted by Gasteiger charge is 2.36. The maximum absolute atomic E-state index is 13.1. The second-order valence-corrected chi connectivity index (χ2v) is 8.56. The number of para-hydroxylation sites is 1. The summed E-state index contributed by atoms with van der Waals surface area (Å²) >= 11 is 0. The van der Waals surface area contributed by atoms with E-state index in [9.17, 15) is 9.59 Å². The Morgan fingerprint density at radius 3 is 2.48 bits per heavy atom. The minimum atomic E-state index is -0.210. The molecule has 168 valence electrons. The molecule has 0 radical (unpaired) electrons. The first-order valence-electron chi connectivity index (χ1n) is 11.4. The lowest BCUT2D eigenvalue weighted by molar-refractivity contribution is 0.0661. The molecule has 2 aliphatic heterocycles. The van der Waals surface area contributed by atoms with Crippen LogP contribution in [0.15, 0.2) is 72.8 Å². The third-order valence-electron chi connectivity index (χ3n) is 6.39. The molecule has 2 heterocycles. The fraction of sp³-hybridized carbons (Fsp3) is 0.259. The molecule has 0 aromatic heterocycles. The van der Waals surface area contributed by atoms with Crippen molar-refractivity contribution in [2.45, 2.75) is 31.8 Å². The van der Waals surface area contributed by atoms with E-state index in [-0.39, 0.29) is 18.0 Å². The molecule has 33 heavy (non-hydrogen) atoms. The second-order valence-electron chi connectivity index (χ2n) is 8.56. The van der Waals surface area contributed by atoms with Crippen molar-refractivity contribution in [3.63, 3.8) is 0 Å². The summed E-state index contributed by atoms with van der Waals surface area (Å²) in [6.07, 6.45) is 4.31. The van der Waals surface area contributed by atoms with Crippen molar-refractivity contribution in [1.29, 1.82) is 0 Å². The molecule has 1 atom stereocenters. The minimum absolute atomic E-state index is 0.0583. The van der Waals surface area contributed by atoms with E-state index in [0.29, 0.717) is 22.6 Å². The number of hydrogen-bond acceptors (Lipinski definition) is 4. The molecule has 0 saturated carbocycles. The average Bonchev–Trinajstić information content (AvgIpc) is 3.11. The largest absolute Gasteiger partial charge is 0.457 e. The molecule has 6 nitrogen and oxygen atoms in total. The number of anilines is 2. The Kier molecular flexibility index (Phi) is 5.73. The predicted octanol–water partition coefficient (Wildman–Crippen LogP) is 5.52. The van der Waals surface area contributed by atoms with E-state index in [1.807, 2.05) is 72.6 Å². The van der Waals surface area contributed by atoms with Crippen LogP contribution in [-0.4, -0.2) is 36.5 Å². The fourth-order valence-electron chi connectivity index (χ4n) is 4.63. The molecule has 0 bridgehead atoms. The number of rotatable bonds is 4. The summed E-state index contributed by atoms with van der Waals surface area (Å²) in [6.45, 7) is 0.791. The van der Waals surface area contributed by atoms with E-state index in [2.05, 4.69) is 10.2 Å². The molecule has 2 aliphatic rings. The normalized spacial score (nSPS) is 17.6. The Hall–Kier alpha value is -3.80. The van der Waals surface area contributed by atoms with Gasteiger partial charge in [-0.05, 0) is 73.9 Å². The molecule has 1 saturated heterocycles. The number of nitrogens with zero attached hydrogens (tertiary/aromatic N) is 2. The second kappa shape index (κ2) is 8.98. The lowest BCUT2D eigenvalue weighted by Crippen LogP contribution is -2.53. The SMILES string of the molecule is CN1c2cc(C(=O)Nc3ccc(Oc4ccccc4)cc3)ccc2C(=O)N2CCCCC[C@H]21. The first kappa shape index (κ1) is 21.1. The van der Waals surface area contributed by atoms with Gasteiger partial charge in [0, 0.05) is 24.8 Å². The van der Waals surface area contributed by atoms with Crippen LogP contribution in [0.4, 0.5) is 11.4 Å². The molecule has 0 aliphatic carbocycles. The lowest BCUT2D eigenvalue weighted by Gasteiger charge is -2.43. The summed E-state index contributed by atoms with van der Waals surface area (Å²) in [6, 6.07) is 22.2. The number of nitrogens with one attached hydrogen (secondary N) is 1. The van der Waals surface area contributed by atoms with Gasteiger partial charge in [-0.15, -0.1) is 0 Å². The van der Waals surface area contributed by atoms with Gasteiger partial charge in [0.1, 0.15) is 17.7 Å². The summed E-state index contributed by atoms with van der Waals surface area (Å²) in [5.41, 5.74) is 2.69. The zero-order valence-corrected chi connectivity index (χ0v) is 18.7. The number of fused-ring (bicyclic) bond motifs is 2. The standard InChI is InChI=1S/C27H27N3O3/c1-29-24-18-19(11-16-23(24)27(32)30-17-7-3-6-10-25(29)30)26(31)28-20-12-14-22(15-13-20)33-21-8-4-2-5-9-21/h2,4-5,8-9,11-16,18,25H,3,6-7,10,17H2,1H3,(H,28,31)/t25-/m0/s1. The van der Waals surface area contributed by atoms with Crippen LogP contribution in [0, 0.1) is 0 Å². The molecular weight excluding hydrogens is 414 g/mol. The molecule has 5 rings (SSSR count). The van der Waals surface area contributed by atoms with E-state index in [1.165, 1.54) is 0 Å². The van der Waals surface area contributed by atoms with Gasteiger partial charge in [0.05, 0.1) is 11.3 Å². The highest BCUT2D eigenvalue weighted by Crippen LogP contribution is 2.34. The molecule has 2 amide bonds. The lowest BCUT2D eigenvalue weighted by atomic mass is 10.0. The molecule has 0 spiro atoms. The minimum Gasteiger partial charge on any atom is -0.457 e. The van der Waals surface area contributed by atoms with Crippen LogP contribution in [0.5, 0.6) is 11.5 Å². The van der Waals surface area contributed by atoms with Crippen LogP contribution in [0.3, 0.4) is 0 Å². The van der Waals surface area contributed by atoms with Crippen LogP contribution < -0.4 is 15.0 Å². The van der Waals surface area contributed by atoms with Crippen molar-refractivity contribution in [1.82, 2.24) is 4.90 Å². The quantitative estimate of drug-likeness (QED) is 0.579. The molecule has 6 heteroatoms. The van der Waals surface area contributed by atoms with Gasteiger partial charge in [-0.25, -0.2) is 0 Å². The van der Waals surface area contributed by atoms with Gasteiger partial charge in [0.25, 0.3) is 11.8 Å². The summed E-state index contributed by atoms with van der Waals surface area (Å²) < 4.78 is 5.81. The van der Waals surface area contributed by atoms with E-state index in [4.69, 9.17) is 4.74 Å². The first-order chi connectivity index (χ1) is 16.1. The molecule has 0 unspecified atom stereocenters. The van der Waals surface area contributed by atoms with Gasteiger partial charge >= 0.3 is 0 Å². The maximum atomic E-state index is 13.1. The van der Waals surface area contributed by atoms with Crippen LogP contribution in [0.2, 0.25) is 0 Å². The summed E-state index contributed by atoms with van der Waals surface area (Å²) in [4.78, 5) is 30.1. The summed E-state index contributed by atoms with van der Waals surface area (Å²) in [5, 5.41) is 2.94. The molecular formula is C27H27N3O3. The van der Waals surface area contributed by atoms with Gasteiger partial charge < -0.3 is 19.9 Å². The smallest absolute Gasteiger partial charge is 0.257 e. The van der Waals surface area contributed by atoms with Crippen LogP contribution in [0.1, 0.15) is 46.4 Å². The Morgan fingerprint density at radius 2 is 1.70 bits per heavy atom. The van der Waals surface area contributed by atoms with Crippen molar-refractivity contribution < 1.29 is 14.3 Å². The number of ether oxygens (including phenoxy) is 1. The number of hydrogen-bond donors (Lipinski definition) is 1. The monoisotopic (exact) mass is 441 g/mol. The van der Waals surface area contributed by atoms with Gasteiger partial charge in [-0.1, -0.05) is 24.6 Å². The first-order valence-corrected chi connectivity index (χ1v) is 11.4. The Balaban J connectivity index is 1.31. The Morgan fingerprint density at radius 1 is 0.939 bits per heavy atom. The zero-order chi connectivity index (χ0) is 22.8. The number of carbonyl (C=O) groups is 2. The topological polar surface area (TPSA) is 61.9 Å². The molecule has 1 N–H and O–H groups in total. The van der Waals surface area contributed by atoms with Crippen LogP contribution >= 0.6 is 0 Å². The Bertz CT molecular complexity index is 1160. The maximum Gasteiger partial charge on any atom is 0.257 e. The molecule has 3 aromatic carbocycles. The molecule has 1 fully saturated rings. The van der Waals surface area contributed by atoms with Gasteiger partial charge in [0.15, 0.2) is 0 Å². The molecule has 3 aromatic rings. The average molecular weight is 442 g/mol. The number of amides is 2. The number of carbonyl (C=O) groups excluding carboxylic acids is 2. The van der Waals surface area contributed by atoms with Crippen molar-refractivity contribution in [3.8, 4) is 11.5 Å². The van der Waals surface area contributed by atoms with E-state index < -0.39 is 0 Å². The van der Waals surface area contributed by atoms with Gasteiger partial charge in [-0.3, -0.25) is 9.59 Å².